The van der Waals surface area contributed by atoms with E-state index in [9.17, 15) is 15.2 Å². The van der Waals surface area contributed by atoms with Gasteiger partial charge in [-0.25, -0.2) is 4.79 Å². The van der Waals surface area contributed by atoms with Crippen LogP contribution in [0.25, 0.3) is 10.8 Å². The fourth-order valence-electron chi connectivity index (χ4n) is 7.17. The van der Waals surface area contributed by atoms with Gasteiger partial charge in [-0.15, -0.1) is 0 Å². The highest BCUT2D eigenvalue weighted by molar-refractivity contribution is 6.74. The van der Waals surface area contributed by atoms with Gasteiger partial charge in [-0.1, -0.05) is 57.2 Å². The number of carboxylic acid groups (broad SMARTS) is 1. The summed E-state index contributed by atoms with van der Waals surface area (Å²) in [5, 5.41) is 21.9. The fraction of sp³-hybridized carbons (Fsp3) is 0.568. The van der Waals surface area contributed by atoms with Crippen molar-refractivity contribution in [3.05, 3.63) is 53.7 Å². The second-order valence-electron chi connectivity index (χ2n) is 15.1. The Hall–Kier alpha value is -3.92. The molecule has 0 spiro atoms. The molecule has 3 aliphatic heterocycles. The molecule has 2 fully saturated rings. The van der Waals surface area contributed by atoms with Crippen molar-refractivity contribution in [3.63, 3.8) is 0 Å². The molecule has 0 saturated carbocycles. The first-order valence-corrected chi connectivity index (χ1v) is 20.6. The number of likely N-dealkylation sites (tertiary alicyclic amines) is 1. The van der Waals surface area contributed by atoms with E-state index in [1.165, 1.54) is 21.4 Å². The predicted molar refractivity (Wildman–Crippen MR) is 195 cm³/mol. The average Bonchev–Trinajstić information content (AvgIpc) is 3.53. The van der Waals surface area contributed by atoms with E-state index in [0.29, 0.717) is 38.8 Å². The molecule has 1 aromatic heterocycles. The van der Waals surface area contributed by atoms with Crippen LogP contribution in [0.2, 0.25) is 18.1 Å². The first kappa shape index (κ1) is 34.9. The van der Waals surface area contributed by atoms with Crippen LogP contribution in [-0.2, 0) is 17.4 Å². The molecule has 1 amide bonds. The summed E-state index contributed by atoms with van der Waals surface area (Å²) in [6.07, 6.45) is 2.07. The van der Waals surface area contributed by atoms with Crippen molar-refractivity contribution in [2.45, 2.75) is 83.2 Å². The summed E-state index contributed by atoms with van der Waals surface area (Å²) in [6.45, 7) is 17.2. The van der Waals surface area contributed by atoms with Crippen molar-refractivity contribution in [1.82, 2.24) is 19.8 Å². The van der Waals surface area contributed by atoms with Gasteiger partial charge in [0, 0.05) is 62.0 Å². The van der Waals surface area contributed by atoms with Gasteiger partial charge in [0.05, 0.1) is 30.8 Å². The van der Waals surface area contributed by atoms with Gasteiger partial charge in [0.25, 0.3) is 0 Å². The number of hydrogen-bond acceptors (Lipinski definition) is 9. The van der Waals surface area contributed by atoms with E-state index in [1.807, 2.05) is 0 Å². The van der Waals surface area contributed by atoms with Gasteiger partial charge < -0.3 is 29.0 Å². The molecule has 2 atom stereocenters. The van der Waals surface area contributed by atoms with Gasteiger partial charge >= 0.3 is 12.1 Å². The molecule has 2 saturated heterocycles. The Kier molecular flexibility index (Phi) is 10.3. The van der Waals surface area contributed by atoms with Crippen molar-refractivity contribution in [1.29, 1.82) is 5.26 Å². The van der Waals surface area contributed by atoms with E-state index in [-0.39, 0.29) is 17.5 Å². The lowest BCUT2D eigenvalue weighted by Crippen LogP contribution is -2.55. The van der Waals surface area contributed by atoms with Crippen LogP contribution in [0.15, 0.2) is 42.5 Å². The number of fused-ring (bicyclic) bond motifs is 2. The minimum atomic E-state index is -1.81. The number of benzene rings is 2. The molecule has 1 N–H and O–H groups in total. The van der Waals surface area contributed by atoms with Gasteiger partial charge in [-0.05, 0) is 55.4 Å². The molecule has 6 rings (SSSR count). The van der Waals surface area contributed by atoms with E-state index >= 15 is 0 Å². The Morgan fingerprint density at radius 2 is 1.84 bits per heavy atom. The number of ether oxygens (including phenoxy) is 1. The second-order valence-corrected chi connectivity index (χ2v) is 19.9. The molecular weight excluding hydrogens is 635 g/mol. The molecule has 11 nitrogen and oxygen atoms in total. The summed E-state index contributed by atoms with van der Waals surface area (Å²) in [5.41, 5.74) is 3.19. The van der Waals surface area contributed by atoms with Crippen LogP contribution in [0.1, 0.15) is 51.3 Å². The van der Waals surface area contributed by atoms with Crippen LogP contribution in [0.4, 0.5) is 16.3 Å². The smallest absolute Gasteiger partial charge is 0.407 e. The van der Waals surface area contributed by atoms with Gasteiger partial charge in [-0.3, -0.25) is 4.90 Å². The maximum Gasteiger partial charge on any atom is 0.407 e. The van der Waals surface area contributed by atoms with Crippen LogP contribution in [0.5, 0.6) is 6.01 Å². The molecule has 262 valence electrons. The largest absolute Gasteiger partial charge is 0.465 e. The van der Waals surface area contributed by atoms with Crippen molar-refractivity contribution in [3.8, 4) is 12.1 Å². The minimum absolute atomic E-state index is 0.130. The zero-order chi connectivity index (χ0) is 34.8. The summed E-state index contributed by atoms with van der Waals surface area (Å²) >= 11 is 0. The van der Waals surface area contributed by atoms with E-state index < -0.39 is 20.5 Å². The average molecular weight is 686 g/mol. The van der Waals surface area contributed by atoms with Gasteiger partial charge in [0.1, 0.15) is 12.4 Å². The molecule has 2 aromatic carbocycles. The summed E-state index contributed by atoms with van der Waals surface area (Å²) < 4.78 is 13.0. The zero-order valence-corrected chi connectivity index (χ0v) is 30.7. The number of nitriles is 1. The number of nitrogens with zero attached hydrogens (tertiary/aromatic N) is 7. The quantitative estimate of drug-likeness (QED) is 0.250. The standard InChI is InChI=1S/C37H51N7O4Si/c1-37(2,3)49(4,5)48-23-22-41-18-9-12-29(41)26-47-35-39-32-25-42(33-14-8-11-27-10-6-7-13-30(27)33)19-16-31(32)34(40-35)43-20-21-44(36(45)46)28(24-43)15-17-38/h6-8,10-11,13-14,28-29H,9,12,15-16,18-26H2,1-5H3,(H,45,46)/t28?,29-/m1/s1. The first-order valence-electron chi connectivity index (χ1n) is 17.7. The van der Waals surface area contributed by atoms with Crippen LogP contribution in [0.3, 0.4) is 0 Å². The Morgan fingerprint density at radius 1 is 1.04 bits per heavy atom. The zero-order valence-electron chi connectivity index (χ0n) is 29.7. The van der Waals surface area contributed by atoms with Crippen molar-refractivity contribution in [2.24, 2.45) is 0 Å². The SMILES string of the molecule is CC(C)(C)[Si](C)(C)OCCN1CCC[C@@H]1COc1nc2c(c(N3CCN(C(=O)O)C(CC#N)C3)n1)CCN(c1cccc3ccccc13)C2. The number of amides is 1. The van der Waals surface area contributed by atoms with Gasteiger partial charge in [0.2, 0.25) is 0 Å². The maximum absolute atomic E-state index is 12.0. The molecule has 0 radical (unpaired) electrons. The molecular formula is C37H51N7O4Si. The third-order valence-electron chi connectivity index (χ3n) is 11.0. The minimum Gasteiger partial charge on any atom is -0.465 e. The summed E-state index contributed by atoms with van der Waals surface area (Å²) in [5.74, 6) is 0.802. The monoisotopic (exact) mass is 685 g/mol. The van der Waals surface area contributed by atoms with Crippen molar-refractivity contribution < 1.29 is 19.1 Å². The second kappa shape index (κ2) is 14.5. The number of carbonyl (C=O) groups is 1. The lowest BCUT2D eigenvalue weighted by molar-refractivity contribution is 0.118. The third-order valence-corrected chi connectivity index (χ3v) is 15.6. The first-order chi connectivity index (χ1) is 23.4. The van der Waals surface area contributed by atoms with Crippen LogP contribution >= 0.6 is 0 Å². The Bertz CT molecular complexity index is 1680. The van der Waals surface area contributed by atoms with Gasteiger partial charge in [-0.2, -0.15) is 15.2 Å². The number of aromatic nitrogens is 2. The molecule has 1 unspecified atom stereocenters. The van der Waals surface area contributed by atoms with Gasteiger partial charge in [0.15, 0.2) is 8.32 Å². The highest BCUT2D eigenvalue weighted by Crippen LogP contribution is 2.37. The number of rotatable bonds is 10. The number of anilines is 2. The van der Waals surface area contributed by atoms with Crippen LogP contribution in [-0.4, -0.2) is 104 Å². The molecule has 0 aliphatic carbocycles. The lowest BCUT2D eigenvalue weighted by atomic mass is 10.0. The summed E-state index contributed by atoms with van der Waals surface area (Å²) in [6, 6.07) is 17.3. The Morgan fingerprint density at radius 3 is 2.61 bits per heavy atom. The fourth-order valence-corrected chi connectivity index (χ4v) is 8.20. The Labute approximate surface area is 291 Å². The highest BCUT2D eigenvalue weighted by atomic mass is 28.4. The van der Waals surface area contributed by atoms with E-state index in [1.54, 1.807) is 0 Å². The molecule has 0 bridgehead atoms. The van der Waals surface area contributed by atoms with E-state index in [4.69, 9.17) is 19.1 Å². The Balaban J connectivity index is 1.24. The van der Waals surface area contributed by atoms with Crippen molar-refractivity contribution in [2.75, 3.05) is 62.3 Å². The molecule has 3 aromatic rings. The molecule has 12 heteroatoms. The van der Waals surface area contributed by atoms with E-state index in [0.717, 1.165) is 62.6 Å². The molecule has 3 aliphatic rings. The maximum atomic E-state index is 12.0. The summed E-state index contributed by atoms with van der Waals surface area (Å²) in [4.78, 5) is 30.4. The number of hydrogen-bond donors (Lipinski definition) is 1. The lowest BCUT2D eigenvalue weighted by Gasteiger charge is -2.41. The number of piperazine rings is 1. The predicted octanol–water partition coefficient (Wildman–Crippen LogP) is 6.14. The van der Waals surface area contributed by atoms with E-state index in [2.05, 4.69) is 97.1 Å². The van der Waals surface area contributed by atoms with Crippen LogP contribution in [0, 0.1) is 11.3 Å². The molecule has 49 heavy (non-hydrogen) atoms. The van der Waals surface area contributed by atoms with Crippen LogP contribution < -0.4 is 14.5 Å². The third kappa shape index (κ3) is 7.64. The normalized spacial score (nSPS) is 20.4. The highest BCUT2D eigenvalue weighted by Gasteiger charge is 2.38. The van der Waals surface area contributed by atoms with Crippen molar-refractivity contribution >= 4 is 36.7 Å². The topological polar surface area (TPSA) is 118 Å². The summed E-state index contributed by atoms with van der Waals surface area (Å²) in [7, 11) is -1.81. The molecule has 4 heterocycles.